The third-order valence-corrected chi connectivity index (χ3v) is 6.03. The van der Waals surface area contributed by atoms with Gasteiger partial charge in [0, 0.05) is 0 Å². The summed E-state index contributed by atoms with van der Waals surface area (Å²) in [6.45, 7) is 1.29. The zero-order valence-corrected chi connectivity index (χ0v) is 16.1. The molecule has 2 aromatic heterocycles. The molecule has 4 N–H and O–H groups in total. The van der Waals surface area contributed by atoms with Gasteiger partial charge in [-0.05, 0) is 19.1 Å². The van der Waals surface area contributed by atoms with E-state index in [0.717, 1.165) is 5.56 Å². The SMILES string of the molecule is Cc1ccc(S(=O)(=O)OC2C(O)C(CO)OC2n2cnc3c(N)ncnc32)cc1. The minimum Gasteiger partial charge on any atom is -0.394 e. The first-order chi connectivity index (χ1) is 13.8. The van der Waals surface area contributed by atoms with Crippen LogP contribution in [-0.4, -0.2) is 63.1 Å². The second-order valence-corrected chi connectivity index (χ2v) is 8.22. The van der Waals surface area contributed by atoms with Crippen molar-refractivity contribution in [1.29, 1.82) is 0 Å². The van der Waals surface area contributed by atoms with Crippen LogP contribution in [0.15, 0.2) is 41.8 Å². The fraction of sp³-hybridized carbons (Fsp3) is 0.353. The van der Waals surface area contributed by atoms with Gasteiger partial charge < -0.3 is 20.7 Å². The molecular formula is C17H19N5O6S. The van der Waals surface area contributed by atoms with Crippen LogP contribution in [0.2, 0.25) is 0 Å². The molecule has 29 heavy (non-hydrogen) atoms. The second kappa shape index (κ2) is 7.31. The molecule has 1 aromatic carbocycles. The molecule has 0 saturated carbocycles. The molecule has 11 nitrogen and oxygen atoms in total. The molecule has 12 heteroatoms. The van der Waals surface area contributed by atoms with Gasteiger partial charge in [-0.2, -0.15) is 8.42 Å². The maximum Gasteiger partial charge on any atom is 0.297 e. The van der Waals surface area contributed by atoms with Crippen LogP contribution in [0.4, 0.5) is 5.82 Å². The van der Waals surface area contributed by atoms with Gasteiger partial charge in [0.1, 0.15) is 24.1 Å². The monoisotopic (exact) mass is 421 g/mol. The van der Waals surface area contributed by atoms with E-state index < -0.39 is 41.3 Å². The number of benzene rings is 1. The summed E-state index contributed by atoms with van der Waals surface area (Å²) in [5.74, 6) is 0.135. The van der Waals surface area contributed by atoms with Crippen molar-refractivity contribution in [3.05, 3.63) is 42.5 Å². The zero-order chi connectivity index (χ0) is 20.8. The summed E-state index contributed by atoms with van der Waals surface area (Å²) < 4.78 is 37.9. The largest absolute Gasteiger partial charge is 0.394 e. The van der Waals surface area contributed by atoms with Gasteiger partial charge in [-0.15, -0.1) is 0 Å². The van der Waals surface area contributed by atoms with E-state index in [2.05, 4.69) is 15.0 Å². The van der Waals surface area contributed by atoms with Gasteiger partial charge in [-0.1, -0.05) is 17.7 Å². The number of hydrogen-bond acceptors (Lipinski definition) is 10. The van der Waals surface area contributed by atoms with Crippen LogP contribution in [0.1, 0.15) is 11.8 Å². The Morgan fingerprint density at radius 2 is 1.97 bits per heavy atom. The predicted molar refractivity (Wildman–Crippen MR) is 100.0 cm³/mol. The standard InChI is InChI=1S/C17H19N5O6S/c1-9-2-4-10(5-3-9)29(25,26)28-14-13(24)11(6-23)27-17(14)22-8-21-12-15(18)19-7-20-16(12)22/h2-5,7-8,11,13-14,17,23-24H,6H2,1H3,(H2,18,19,20). The van der Waals surface area contributed by atoms with E-state index in [1.807, 2.05) is 6.92 Å². The number of aromatic nitrogens is 4. The third-order valence-electron chi connectivity index (χ3n) is 4.70. The molecule has 1 fully saturated rings. The van der Waals surface area contributed by atoms with Gasteiger partial charge in [0.05, 0.1) is 17.8 Å². The fourth-order valence-electron chi connectivity index (χ4n) is 3.16. The molecule has 4 unspecified atom stereocenters. The smallest absolute Gasteiger partial charge is 0.297 e. The Labute approximate surface area is 165 Å². The average Bonchev–Trinajstić information content (AvgIpc) is 3.24. The third kappa shape index (κ3) is 3.45. The number of imidazole rings is 1. The van der Waals surface area contributed by atoms with Gasteiger partial charge in [0.25, 0.3) is 10.1 Å². The second-order valence-electron chi connectivity index (χ2n) is 6.65. The Morgan fingerprint density at radius 3 is 2.66 bits per heavy atom. The van der Waals surface area contributed by atoms with Crippen LogP contribution in [-0.2, 0) is 19.0 Å². The van der Waals surface area contributed by atoms with Crippen molar-refractivity contribution in [2.75, 3.05) is 12.3 Å². The Hall–Kier alpha value is -2.64. The maximum atomic E-state index is 12.8. The summed E-state index contributed by atoms with van der Waals surface area (Å²) in [7, 11) is -4.22. The fourth-order valence-corrected chi connectivity index (χ4v) is 4.24. The molecule has 0 spiro atoms. The molecule has 0 bridgehead atoms. The molecule has 1 aliphatic heterocycles. The van der Waals surface area contributed by atoms with E-state index in [-0.39, 0.29) is 21.9 Å². The number of aliphatic hydroxyl groups excluding tert-OH is 2. The molecule has 4 rings (SSSR count). The van der Waals surface area contributed by atoms with Crippen LogP contribution in [0.25, 0.3) is 11.2 Å². The Bertz CT molecular complexity index is 1130. The minimum atomic E-state index is -4.22. The summed E-state index contributed by atoms with van der Waals surface area (Å²) >= 11 is 0. The Balaban J connectivity index is 1.72. The number of aryl methyl sites for hydroxylation is 1. The van der Waals surface area contributed by atoms with Gasteiger partial charge in [-0.3, -0.25) is 8.75 Å². The minimum absolute atomic E-state index is 0.0662. The Morgan fingerprint density at radius 1 is 1.24 bits per heavy atom. The van der Waals surface area contributed by atoms with Crippen molar-refractivity contribution in [2.24, 2.45) is 0 Å². The quantitative estimate of drug-likeness (QED) is 0.468. The summed E-state index contributed by atoms with van der Waals surface area (Å²) in [4.78, 5) is 12.0. The van der Waals surface area contributed by atoms with Crippen molar-refractivity contribution < 1.29 is 27.6 Å². The summed E-state index contributed by atoms with van der Waals surface area (Å²) in [5, 5.41) is 20.0. The van der Waals surface area contributed by atoms with E-state index in [1.165, 1.54) is 29.4 Å². The van der Waals surface area contributed by atoms with Crippen LogP contribution < -0.4 is 5.73 Å². The van der Waals surface area contributed by atoms with Crippen molar-refractivity contribution in [2.45, 2.75) is 36.4 Å². The maximum absolute atomic E-state index is 12.8. The first-order valence-corrected chi connectivity index (χ1v) is 10.1. The number of ether oxygens (including phenoxy) is 1. The number of aliphatic hydroxyl groups is 2. The molecule has 0 radical (unpaired) electrons. The lowest BCUT2D eigenvalue weighted by atomic mass is 10.1. The molecule has 3 aromatic rings. The van der Waals surface area contributed by atoms with Crippen molar-refractivity contribution in [3.63, 3.8) is 0 Å². The summed E-state index contributed by atoms with van der Waals surface area (Å²) in [6, 6.07) is 6.08. The molecule has 1 aliphatic rings. The van der Waals surface area contributed by atoms with Crippen LogP contribution in [0, 0.1) is 6.92 Å². The average molecular weight is 421 g/mol. The summed E-state index contributed by atoms with van der Waals surface area (Å²) in [5.41, 5.74) is 7.24. The zero-order valence-electron chi connectivity index (χ0n) is 15.3. The highest BCUT2D eigenvalue weighted by Gasteiger charge is 2.48. The highest BCUT2D eigenvalue weighted by Crippen LogP contribution is 2.35. The Kier molecular flexibility index (Phi) is 4.96. The molecule has 1 saturated heterocycles. The van der Waals surface area contributed by atoms with Crippen LogP contribution >= 0.6 is 0 Å². The van der Waals surface area contributed by atoms with Crippen LogP contribution in [0.5, 0.6) is 0 Å². The highest BCUT2D eigenvalue weighted by atomic mass is 32.2. The number of nitrogens with zero attached hydrogens (tertiary/aromatic N) is 4. The molecular weight excluding hydrogens is 402 g/mol. The predicted octanol–water partition coefficient (Wildman–Crippen LogP) is -0.258. The normalized spacial score (nSPS) is 24.9. The van der Waals surface area contributed by atoms with E-state index >= 15 is 0 Å². The van der Waals surface area contributed by atoms with E-state index in [9.17, 15) is 18.6 Å². The summed E-state index contributed by atoms with van der Waals surface area (Å²) in [6.07, 6.45) is -2.39. The number of hydrogen-bond donors (Lipinski definition) is 3. The van der Waals surface area contributed by atoms with Gasteiger partial charge in [0.2, 0.25) is 0 Å². The first-order valence-electron chi connectivity index (χ1n) is 8.69. The van der Waals surface area contributed by atoms with Gasteiger partial charge >= 0.3 is 0 Å². The molecule has 3 heterocycles. The lowest BCUT2D eigenvalue weighted by Gasteiger charge is -2.21. The number of nitrogen functional groups attached to an aromatic ring is 1. The number of nitrogens with two attached hydrogens (primary N) is 1. The molecule has 4 atom stereocenters. The van der Waals surface area contributed by atoms with Gasteiger partial charge in [-0.25, -0.2) is 15.0 Å². The first kappa shape index (κ1) is 19.7. The number of anilines is 1. The molecule has 0 amide bonds. The molecule has 0 aliphatic carbocycles. The number of fused-ring (bicyclic) bond motifs is 1. The topological polar surface area (TPSA) is 163 Å². The lowest BCUT2D eigenvalue weighted by molar-refractivity contribution is -0.0483. The van der Waals surface area contributed by atoms with Crippen molar-refractivity contribution in [3.8, 4) is 0 Å². The van der Waals surface area contributed by atoms with E-state index in [4.69, 9.17) is 14.7 Å². The lowest BCUT2D eigenvalue weighted by Crippen LogP contribution is -2.37. The van der Waals surface area contributed by atoms with Gasteiger partial charge in [0.15, 0.2) is 23.8 Å². The highest BCUT2D eigenvalue weighted by molar-refractivity contribution is 7.86. The van der Waals surface area contributed by atoms with Crippen LogP contribution in [0.3, 0.4) is 0 Å². The number of rotatable bonds is 5. The molecule has 154 valence electrons. The van der Waals surface area contributed by atoms with E-state index in [1.54, 1.807) is 12.1 Å². The van der Waals surface area contributed by atoms with Crippen molar-refractivity contribution >= 4 is 27.1 Å². The van der Waals surface area contributed by atoms with E-state index in [0.29, 0.717) is 0 Å². The van der Waals surface area contributed by atoms with Crippen molar-refractivity contribution in [1.82, 2.24) is 19.5 Å².